The highest BCUT2D eigenvalue weighted by atomic mass is 16.5. The Labute approximate surface area is 189 Å². The molecule has 0 fully saturated rings. The fourth-order valence-corrected chi connectivity index (χ4v) is 4.14. The first-order valence-electron chi connectivity index (χ1n) is 10.2. The first-order valence-corrected chi connectivity index (χ1v) is 10.2. The summed E-state index contributed by atoms with van der Waals surface area (Å²) in [5.74, 6) is -1.24. The number of nitrogen functional groups attached to an aromatic ring is 2. The van der Waals surface area contributed by atoms with Crippen molar-refractivity contribution < 1.29 is 19.1 Å². The molecule has 4 aromatic rings. The zero-order valence-electron chi connectivity index (χ0n) is 18.5. The van der Waals surface area contributed by atoms with Gasteiger partial charge in [0.25, 0.3) is 0 Å². The van der Waals surface area contributed by atoms with Crippen molar-refractivity contribution in [2.75, 3.05) is 25.7 Å². The summed E-state index contributed by atoms with van der Waals surface area (Å²) in [6.07, 6.45) is 1.96. The van der Waals surface area contributed by atoms with E-state index in [1.165, 1.54) is 14.2 Å². The van der Waals surface area contributed by atoms with Gasteiger partial charge in [-0.3, -0.25) is 4.79 Å². The summed E-state index contributed by atoms with van der Waals surface area (Å²) >= 11 is 0. The molecule has 0 radical (unpaired) electrons. The minimum Gasteiger partial charge on any atom is -0.469 e. The zero-order valence-corrected chi connectivity index (χ0v) is 18.5. The lowest BCUT2D eigenvalue weighted by atomic mass is 9.86. The number of anilines is 2. The third-order valence-corrected chi connectivity index (χ3v) is 5.78. The zero-order chi connectivity index (χ0) is 23.7. The van der Waals surface area contributed by atoms with Crippen molar-refractivity contribution in [3.05, 3.63) is 64.8 Å². The van der Waals surface area contributed by atoms with Crippen LogP contribution in [0.1, 0.15) is 33.0 Å². The summed E-state index contributed by atoms with van der Waals surface area (Å²) in [4.78, 5) is 37.7. The molecule has 4 N–H and O–H groups in total. The molecule has 2 heterocycles. The number of nitrogens with two attached hydrogens (primary N) is 2. The van der Waals surface area contributed by atoms with Crippen LogP contribution in [0.5, 0.6) is 0 Å². The van der Waals surface area contributed by atoms with Gasteiger partial charge in [0.2, 0.25) is 5.95 Å². The van der Waals surface area contributed by atoms with Crippen molar-refractivity contribution in [2.45, 2.75) is 19.3 Å². The van der Waals surface area contributed by atoms with Crippen LogP contribution in [-0.4, -0.2) is 41.1 Å². The van der Waals surface area contributed by atoms with E-state index in [1.54, 1.807) is 18.3 Å². The number of ether oxygens (including phenoxy) is 2. The first-order chi connectivity index (χ1) is 15.8. The second-order valence-corrected chi connectivity index (χ2v) is 7.59. The Morgan fingerprint density at radius 2 is 1.73 bits per heavy atom. The van der Waals surface area contributed by atoms with E-state index in [0.29, 0.717) is 28.4 Å². The van der Waals surface area contributed by atoms with Crippen molar-refractivity contribution in [1.82, 2.24) is 15.0 Å². The minimum absolute atomic E-state index is 0.0456. The average molecular weight is 445 g/mol. The number of aryl methyl sites for hydroxylation is 1. The minimum atomic E-state index is -0.652. The number of rotatable bonds is 5. The van der Waals surface area contributed by atoms with Gasteiger partial charge in [0.15, 0.2) is 5.65 Å². The van der Waals surface area contributed by atoms with Crippen LogP contribution in [0, 0.1) is 6.92 Å². The lowest BCUT2D eigenvalue weighted by Crippen LogP contribution is -2.18. The third-order valence-electron chi connectivity index (χ3n) is 5.78. The van der Waals surface area contributed by atoms with Gasteiger partial charge >= 0.3 is 11.9 Å². The Morgan fingerprint density at radius 1 is 1.00 bits per heavy atom. The van der Waals surface area contributed by atoms with Gasteiger partial charge in [-0.2, -0.15) is 9.97 Å². The van der Waals surface area contributed by atoms with Gasteiger partial charge in [-0.05, 0) is 46.9 Å². The second kappa shape index (κ2) is 8.70. The second-order valence-electron chi connectivity index (χ2n) is 7.59. The maximum atomic E-state index is 12.9. The highest BCUT2D eigenvalue weighted by Crippen LogP contribution is 2.33. The summed E-state index contributed by atoms with van der Waals surface area (Å²) in [7, 11) is 2.68. The Balaban J connectivity index is 1.87. The van der Waals surface area contributed by atoms with Crippen LogP contribution in [0.3, 0.4) is 0 Å². The predicted octanol–water partition coefficient (Wildman–Crippen LogP) is 2.94. The first kappa shape index (κ1) is 21.9. The average Bonchev–Trinajstić information content (AvgIpc) is 2.81. The highest BCUT2D eigenvalue weighted by Gasteiger charge is 2.27. The van der Waals surface area contributed by atoms with Crippen LogP contribution < -0.4 is 11.5 Å². The number of methoxy groups -OCH3 is 2. The molecular weight excluding hydrogens is 422 g/mol. The fourth-order valence-electron chi connectivity index (χ4n) is 4.14. The van der Waals surface area contributed by atoms with Gasteiger partial charge in [-0.15, -0.1) is 0 Å². The van der Waals surface area contributed by atoms with E-state index < -0.39 is 17.9 Å². The quantitative estimate of drug-likeness (QED) is 0.443. The molecule has 9 nitrogen and oxygen atoms in total. The van der Waals surface area contributed by atoms with Crippen molar-refractivity contribution in [3.8, 4) is 0 Å². The molecule has 0 aliphatic heterocycles. The van der Waals surface area contributed by atoms with Crippen LogP contribution in [0.15, 0.2) is 42.6 Å². The van der Waals surface area contributed by atoms with Crippen LogP contribution >= 0.6 is 0 Å². The summed E-state index contributed by atoms with van der Waals surface area (Å²) < 4.78 is 10.1. The molecule has 2 aromatic carbocycles. The number of fused-ring (bicyclic) bond motifs is 2. The van der Waals surface area contributed by atoms with E-state index >= 15 is 0 Å². The van der Waals surface area contributed by atoms with E-state index in [4.69, 9.17) is 20.9 Å². The predicted molar refractivity (Wildman–Crippen MR) is 125 cm³/mol. The molecule has 0 bridgehead atoms. The fraction of sp³-hybridized carbons (Fsp3) is 0.208. The number of pyridine rings is 1. The number of esters is 2. The standard InChI is InChI=1S/C24H23N5O4/c1-12-13(11-27-21-19(12)20(25)28-24(26)29-21)10-18(23(31)33-3)16-8-9-17(22(30)32-2)15-7-5-4-6-14(15)16/h4-9,11,18H,10H2,1-3H3,(H4,25,26,27,28,29). The molecule has 4 rings (SSSR count). The van der Waals surface area contributed by atoms with Crippen LogP contribution in [0.25, 0.3) is 21.8 Å². The number of carbonyl (C=O) groups is 2. The Hall–Kier alpha value is -4.27. The SMILES string of the molecule is COC(=O)c1ccc(C(Cc2cnc3nc(N)nc(N)c3c2C)C(=O)OC)c2ccccc12. The monoisotopic (exact) mass is 445 g/mol. The molecule has 0 saturated carbocycles. The molecule has 0 aliphatic carbocycles. The molecule has 33 heavy (non-hydrogen) atoms. The Bertz CT molecular complexity index is 1400. The summed E-state index contributed by atoms with van der Waals surface area (Å²) in [5.41, 5.74) is 14.9. The van der Waals surface area contributed by atoms with Gasteiger partial charge in [0.05, 0.1) is 31.1 Å². The van der Waals surface area contributed by atoms with Crippen LogP contribution in [0.2, 0.25) is 0 Å². The normalized spacial score (nSPS) is 12.0. The smallest absolute Gasteiger partial charge is 0.338 e. The summed E-state index contributed by atoms with van der Waals surface area (Å²) in [6.45, 7) is 1.88. The van der Waals surface area contributed by atoms with E-state index in [2.05, 4.69) is 15.0 Å². The number of hydrogen-bond donors (Lipinski definition) is 2. The maximum absolute atomic E-state index is 12.9. The summed E-state index contributed by atoms with van der Waals surface area (Å²) in [5, 5.41) is 2.05. The van der Waals surface area contributed by atoms with E-state index in [0.717, 1.165) is 22.1 Å². The lowest BCUT2D eigenvalue weighted by molar-refractivity contribution is -0.142. The molecule has 9 heteroatoms. The Morgan fingerprint density at radius 3 is 2.42 bits per heavy atom. The molecule has 1 atom stereocenters. The molecular formula is C24H23N5O4. The number of carbonyl (C=O) groups excluding carboxylic acids is 2. The molecule has 0 amide bonds. The van der Waals surface area contributed by atoms with E-state index in [-0.39, 0.29) is 11.8 Å². The molecule has 0 spiro atoms. The van der Waals surface area contributed by atoms with Gasteiger partial charge in [0.1, 0.15) is 5.82 Å². The van der Waals surface area contributed by atoms with Crippen molar-refractivity contribution >= 4 is 45.5 Å². The van der Waals surface area contributed by atoms with Crippen molar-refractivity contribution in [1.29, 1.82) is 0 Å². The molecule has 2 aromatic heterocycles. The van der Waals surface area contributed by atoms with Crippen LogP contribution in [0.4, 0.5) is 11.8 Å². The number of nitrogens with zero attached hydrogens (tertiary/aromatic N) is 3. The highest BCUT2D eigenvalue weighted by molar-refractivity contribution is 6.06. The molecule has 168 valence electrons. The molecule has 0 saturated heterocycles. The van der Waals surface area contributed by atoms with Gasteiger partial charge in [0, 0.05) is 6.20 Å². The number of hydrogen-bond acceptors (Lipinski definition) is 9. The number of aromatic nitrogens is 3. The van der Waals surface area contributed by atoms with Crippen molar-refractivity contribution in [2.24, 2.45) is 0 Å². The van der Waals surface area contributed by atoms with Gasteiger partial charge < -0.3 is 20.9 Å². The summed E-state index contributed by atoms with van der Waals surface area (Å²) in [6, 6.07) is 10.8. The third kappa shape index (κ3) is 3.89. The molecule has 0 aliphatic rings. The van der Waals surface area contributed by atoms with Crippen molar-refractivity contribution in [3.63, 3.8) is 0 Å². The van der Waals surface area contributed by atoms with Gasteiger partial charge in [-0.1, -0.05) is 30.3 Å². The van der Waals surface area contributed by atoms with Gasteiger partial charge in [-0.25, -0.2) is 9.78 Å². The molecule has 1 unspecified atom stereocenters. The lowest BCUT2D eigenvalue weighted by Gasteiger charge is -2.20. The topological polar surface area (TPSA) is 143 Å². The largest absolute Gasteiger partial charge is 0.469 e. The Kier molecular flexibility index (Phi) is 5.78. The van der Waals surface area contributed by atoms with Crippen LogP contribution in [-0.2, 0) is 20.7 Å². The maximum Gasteiger partial charge on any atom is 0.338 e. The number of benzene rings is 2. The van der Waals surface area contributed by atoms with E-state index in [1.807, 2.05) is 31.2 Å². The van der Waals surface area contributed by atoms with E-state index in [9.17, 15) is 9.59 Å².